The van der Waals surface area contributed by atoms with Crippen LogP contribution in [-0.2, 0) is 17.8 Å². The minimum atomic E-state index is -0.388. The van der Waals surface area contributed by atoms with E-state index in [1.165, 1.54) is 12.5 Å². The molecule has 3 atom stereocenters. The minimum Gasteiger partial charge on any atom is -0.462 e. The third kappa shape index (κ3) is 4.86. The molecule has 1 aromatic carbocycles. The average Bonchev–Trinajstić information content (AvgIpc) is 3.27. The molecule has 7 nitrogen and oxygen atoms in total. The summed E-state index contributed by atoms with van der Waals surface area (Å²) in [7, 11) is 2.13. The highest BCUT2D eigenvalue weighted by Gasteiger charge is 2.32. The Bertz CT molecular complexity index is 1060. The first-order valence-electron chi connectivity index (χ1n) is 12.3. The Kier molecular flexibility index (Phi) is 6.93. The number of halogens is 1. The van der Waals surface area contributed by atoms with E-state index in [0.29, 0.717) is 49.7 Å². The Morgan fingerprint density at radius 2 is 2.06 bits per heavy atom. The zero-order valence-corrected chi connectivity index (χ0v) is 19.8. The summed E-state index contributed by atoms with van der Waals surface area (Å²) >= 11 is 0. The number of likely N-dealkylation sites (tertiary alicyclic amines) is 1. The molecule has 0 aliphatic carbocycles. The van der Waals surface area contributed by atoms with Gasteiger partial charge < -0.3 is 24.1 Å². The lowest BCUT2D eigenvalue weighted by Crippen LogP contribution is -2.38. The van der Waals surface area contributed by atoms with E-state index in [4.69, 9.17) is 26.0 Å². The molecule has 8 heteroatoms. The van der Waals surface area contributed by atoms with Crippen LogP contribution in [0.4, 0.5) is 10.2 Å². The number of benzene rings is 1. The Morgan fingerprint density at radius 3 is 2.85 bits per heavy atom. The van der Waals surface area contributed by atoms with Crippen LogP contribution in [0.2, 0.25) is 0 Å². The van der Waals surface area contributed by atoms with E-state index in [2.05, 4.69) is 21.7 Å². The first kappa shape index (κ1) is 23.0. The Hall–Kier alpha value is -2.76. The quantitative estimate of drug-likeness (QED) is 0.601. The third-order valence-corrected chi connectivity index (χ3v) is 7.35. The van der Waals surface area contributed by atoms with Gasteiger partial charge in [-0.2, -0.15) is 9.97 Å². The maximum Gasteiger partial charge on any atom is 0.318 e. The fourth-order valence-electron chi connectivity index (χ4n) is 5.39. The Balaban J connectivity index is 1.43. The number of fused-ring (bicyclic) bond motifs is 1. The van der Waals surface area contributed by atoms with Gasteiger partial charge in [0.05, 0.1) is 18.4 Å². The van der Waals surface area contributed by atoms with Crippen molar-refractivity contribution in [2.45, 2.75) is 50.9 Å². The predicted molar refractivity (Wildman–Crippen MR) is 127 cm³/mol. The van der Waals surface area contributed by atoms with Crippen LogP contribution >= 0.6 is 0 Å². The van der Waals surface area contributed by atoms with Crippen LogP contribution < -0.4 is 9.64 Å². The maximum absolute atomic E-state index is 14.5. The van der Waals surface area contributed by atoms with Crippen molar-refractivity contribution in [3.05, 3.63) is 58.3 Å². The number of aromatic nitrogens is 2. The molecule has 34 heavy (non-hydrogen) atoms. The van der Waals surface area contributed by atoms with E-state index in [1.54, 1.807) is 12.1 Å². The van der Waals surface area contributed by atoms with Crippen LogP contribution in [0.15, 0.2) is 24.3 Å². The molecule has 1 aromatic heterocycles. The van der Waals surface area contributed by atoms with Gasteiger partial charge >= 0.3 is 6.01 Å². The van der Waals surface area contributed by atoms with Crippen molar-refractivity contribution >= 4 is 5.82 Å². The van der Waals surface area contributed by atoms with E-state index >= 15 is 0 Å². The van der Waals surface area contributed by atoms with E-state index in [0.717, 1.165) is 56.0 Å². The topological polar surface area (TPSA) is 55.1 Å². The number of likely N-dealkylation sites (N-methyl/N-ethyl adjacent to an activating group) is 1. The van der Waals surface area contributed by atoms with Crippen molar-refractivity contribution in [1.29, 1.82) is 0 Å². The van der Waals surface area contributed by atoms with E-state index in [9.17, 15) is 4.39 Å². The summed E-state index contributed by atoms with van der Waals surface area (Å²) in [5.41, 5.74) is 2.38. The van der Waals surface area contributed by atoms with Crippen molar-refractivity contribution in [2.75, 3.05) is 44.7 Å². The van der Waals surface area contributed by atoms with E-state index in [1.807, 2.05) is 6.07 Å². The second kappa shape index (κ2) is 10.2. The lowest BCUT2D eigenvalue weighted by atomic mass is 9.96. The van der Waals surface area contributed by atoms with Gasteiger partial charge in [0.1, 0.15) is 18.2 Å². The molecular weight excluding hydrogens is 433 g/mol. The van der Waals surface area contributed by atoms with Crippen LogP contribution in [0.5, 0.6) is 6.01 Å². The number of hydrogen-bond donors (Lipinski definition) is 0. The normalized spacial score (nSPS) is 25.1. The van der Waals surface area contributed by atoms with E-state index in [-0.39, 0.29) is 11.9 Å². The van der Waals surface area contributed by atoms with Crippen molar-refractivity contribution in [2.24, 2.45) is 5.92 Å². The van der Waals surface area contributed by atoms with Crippen LogP contribution in [0.3, 0.4) is 0 Å². The van der Waals surface area contributed by atoms with Crippen molar-refractivity contribution in [1.82, 2.24) is 14.9 Å². The maximum atomic E-state index is 14.5. The molecule has 180 valence electrons. The number of rotatable bonds is 6. The third-order valence-electron chi connectivity index (χ3n) is 7.35. The average molecular weight is 466 g/mol. The highest BCUT2D eigenvalue weighted by Crippen LogP contribution is 2.37. The van der Waals surface area contributed by atoms with Crippen LogP contribution in [0, 0.1) is 18.3 Å². The molecule has 0 saturated carbocycles. The van der Waals surface area contributed by atoms with Gasteiger partial charge in [-0.3, -0.25) is 0 Å². The first-order valence-corrected chi connectivity index (χ1v) is 12.3. The fourth-order valence-corrected chi connectivity index (χ4v) is 5.39. The molecule has 3 aliphatic heterocycles. The summed E-state index contributed by atoms with van der Waals surface area (Å²) in [6, 6.07) is 7.53. The number of nitrogens with zero attached hydrogens (tertiary/aromatic N) is 5. The Labute approximate surface area is 200 Å². The van der Waals surface area contributed by atoms with Crippen LogP contribution in [0.25, 0.3) is 4.85 Å². The summed E-state index contributed by atoms with van der Waals surface area (Å²) in [6.07, 6.45) is 4.48. The number of anilines is 1. The van der Waals surface area contributed by atoms with Crippen molar-refractivity contribution in [3.8, 4) is 6.01 Å². The van der Waals surface area contributed by atoms with Gasteiger partial charge in [-0.05, 0) is 45.3 Å². The summed E-state index contributed by atoms with van der Waals surface area (Å²) in [5.74, 6) is 0.925. The van der Waals surface area contributed by atoms with Gasteiger partial charge in [0.15, 0.2) is 0 Å². The Morgan fingerprint density at radius 1 is 1.21 bits per heavy atom. The van der Waals surface area contributed by atoms with Gasteiger partial charge in [0.25, 0.3) is 0 Å². The molecule has 2 aromatic rings. The number of hydrogen-bond acceptors (Lipinski definition) is 6. The van der Waals surface area contributed by atoms with Crippen molar-refractivity contribution in [3.63, 3.8) is 0 Å². The van der Waals surface area contributed by atoms with Crippen molar-refractivity contribution < 1.29 is 13.9 Å². The molecule has 2 fully saturated rings. The predicted octanol–water partition coefficient (Wildman–Crippen LogP) is 4.04. The zero-order chi connectivity index (χ0) is 23.5. The largest absolute Gasteiger partial charge is 0.462 e. The second-order valence-corrected chi connectivity index (χ2v) is 9.66. The lowest BCUT2D eigenvalue weighted by Gasteiger charge is -2.35. The first-order chi connectivity index (χ1) is 16.6. The van der Waals surface area contributed by atoms with E-state index < -0.39 is 0 Å². The molecule has 0 amide bonds. The molecule has 2 unspecified atom stereocenters. The number of piperidine rings is 1. The minimum absolute atomic E-state index is 0.260. The molecule has 2 saturated heterocycles. The van der Waals surface area contributed by atoms with Gasteiger partial charge in [-0.15, -0.1) is 0 Å². The highest BCUT2D eigenvalue weighted by molar-refractivity contribution is 5.51. The molecule has 0 spiro atoms. The summed E-state index contributed by atoms with van der Waals surface area (Å²) in [4.78, 5) is 17.8. The molecule has 0 bridgehead atoms. The zero-order valence-electron chi connectivity index (χ0n) is 19.8. The van der Waals surface area contributed by atoms with Crippen LogP contribution in [-0.4, -0.2) is 60.7 Å². The van der Waals surface area contributed by atoms with Gasteiger partial charge in [-0.1, -0.05) is 18.2 Å². The van der Waals surface area contributed by atoms with Gasteiger partial charge in [0, 0.05) is 42.6 Å². The molecule has 0 N–H and O–H groups in total. The highest BCUT2D eigenvalue weighted by atomic mass is 19.1. The summed E-state index contributed by atoms with van der Waals surface area (Å²) in [6.45, 7) is 11.5. The smallest absolute Gasteiger partial charge is 0.318 e. The fraction of sp³-hybridized carbons (Fsp3) is 0.577. The van der Waals surface area contributed by atoms with Gasteiger partial charge in [-0.25, -0.2) is 11.0 Å². The molecule has 0 radical (unpaired) electrons. The molecule has 5 rings (SSSR count). The standard InChI is InChI=1S/C26H32FN5O2/c1-28-14-18-7-5-12-32(15-18)25-21-17-33-24(20-9-3-4-10-22(20)27)13-23(21)29-26(30-25)34-16-19-8-6-11-31(19)2/h3-4,9-10,18-19,24H,5-8,11-17H2,2H3/t18-,19?,24?/m0/s1. The number of ether oxygens (including phenoxy) is 2. The lowest BCUT2D eigenvalue weighted by molar-refractivity contribution is 0.0234. The molecule has 3 aliphatic rings. The molecule has 4 heterocycles. The summed E-state index contributed by atoms with van der Waals surface area (Å²) in [5, 5.41) is 0. The van der Waals surface area contributed by atoms with Gasteiger partial charge in [0.2, 0.25) is 6.54 Å². The van der Waals surface area contributed by atoms with Crippen LogP contribution in [0.1, 0.15) is 48.6 Å². The second-order valence-electron chi connectivity index (χ2n) is 9.66. The SMILES string of the molecule is [C-]#[N+]C[C@@H]1CCCN(c2nc(OCC3CCCN3C)nc3c2COC(c2ccccc2F)C3)C1. The molecular formula is C26H32FN5O2. The monoisotopic (exact) mass is 465 g/mol. The summed E-state index contributed by atoms with van der Waals surface area (Å²) < 4.78 is 26.7.